The van der Waals surface area contributed by atoms with Crippen LogP contribution in [0.15, 0.2) is 16.8 Å². The first kappa shape index (κ1) is 11.1. The first-order valence-corrected chi connectivity index (χ1v) is 6.58. The van der Waals surface area contributed by atoms with Crippen molar-refractivity contribution in [2.75, 3.05) is 0 Å². The molecule has 0 amide bonds. The zero-order chi connectivity index (χ0) is 10.7. The van der Waals surface area contributed by atoms with Crippen LogP contribution in [-0.4, -0.2) is 11.7 Å². The summed E-state index contributed by atoms with van der Waals surface area (Å²) in [6, 6.07) is 2.32. The highest BCUT2D eigenvalue weighted by molar-refractivity contribution is 7.07. The number of thiophene rings is 1. The SMILES string of the molecule is NC1CCC(F)(CCc2ccsc2)CC1. The lowest BCUT2D eigenvalue weighted by Crippen LogP contribution is -2.35. The molecule has 0 saturated heterocycles. The summed E-state index contributed by atoms with van der Waals surface area (Å²) in [7, 11) is 0. The molecule has 0 radical (unpaired) electrons. The Morgan fingerprint density at radius 1 is 1.47 bits per heavy atom. The van der Waals surface area contributed by atoms with E-state index in [1.165, 1.54) is 5.56 Å². The highest BCUT2D eigenvalue weighted by atomic mass is 32.1. The minimum atomic E-state index is -0.947. The van der Waals surface area contributed by atoms with Gasteiger partial charge in [0.05, 0.1) is 0 Å². The van der Waals surface area contributed by atoms with Gasteiger partial charge in [0, 0.05) is 6.04 Å². The molecule has 84 valence electrons. The van der Waals surface area contributed by atoms with Gasteiger partial charge < -0.3 is 5.73 Å². The summed E-state index contributed by atoms with van der Waals surface area (Å²) < 4.78 is 14.3. The molecule has 2 N–H and O–H groups in total. The fourth-order valence-electron chi connectivity index (χ4n) is 2.21. The predicted molar refractivity (Wildman–Crippen MR) is 62.9 cm³/mol. The maximum atomic E-state index is 14.3. The molecule has 1 fully saturated rings. The van der Waals surface area contributed by atoms with Gasteiger partial charge in [-0.15, -0.1) is 0 Å². The zero-order valence-electron chi connectivity index (χ0n) is 8.92. The average molecular weight is 227 g/mol. The van der Waals surface area contributed by atoms with Crippen LogP contribution in [0.25, 0.3) is 0 Å². The Labute approximate surface area is 94.5 Å². The Bertz CT molecular complexity index is 289. The maximum Gasteiger partial charge on any atom is 0.111 e. The van der Waals surface area contributed by atoms with Gasteiger partial charge in [-0.3, -0.25) is 0 Å². The van der Waals surface area contributed by atoms with Crippen LogP contribution in [0.5, 0.6) is 0 Å². The normalized spacial score (nSPS) is 31.7. The van der Waals surface area contributed by atoms with E-state index in [0.717, 1.165) is 19.3 Å². The summed E-state index contributed by atoms with van der Waals surface area (Å²) in [6.45, 7) is 0. The third-order valence-electron chi connectivity index (χ3n) is 3.37. The van der Waals surface area contributed by atoms with Gasteiger partial charge in [0.15, 0.2) is 0 Å². The van der Waals surface area contributed by atoms with Crippen LogP contribution in [0, 0.1) is 0 Å². The average Bonchev–Trinajstić information content (AvgIpc) is 2.73. The second-order valence-corrected chi connectivity index (χ2v) is 5.40. The smallest absolute Gasteiger partial charge is 0.111 e. The molecule has 0 aliphatic heterocycles. The lowest BCUT2D eigenvalue weighted by Gasteiger charge is -2.32. The number of nitrogens with two attached hydrogens (primary N) is 1. The van der Waals surface area contributed by atoms with Gasteiger partial charge in [0.1, 0.15) is 5.67 Å². The summed E-state index contributed by atoms with van der Waals surface area (Å²) in [4.78, 5) is 0. The van der Waals surface area contributed by atoms with Gasteiger partial charge in [-0.1, -0.05) is 0 Å². The van der Waals surface area contributed by atoms with Gasteiger partial charge in [-0.25, -0.2) is 4.39 Å². The molecular weight excluding hydrogens is 209 g/mol. The number of hydrogen-bond acceptors (Lipinski definition) is 2. The number of rotatable bonds is 3. The van der Waals surface area contributed by atoms with Gasteiger partial charge in [0.25, 0.3) is 0 Å². The first-order chi connectivity index (χ1) is 7.18. The second kappa shape index (κ2) is 4.62. The van der Waals surface area contributed by atoms with E-state index in [1.54, 1.807) is 11.3 Å². The molecule has 1 saturated carbocycles. The van der Waals surface area contributed by atoms with E-state index in [9.17, 15) is 4.39 Å². The number of halogens is 1. The standard InChI is InChI=1S/C12H18FNS/c13-12(6-2-11(14)3-7-12)5-1-10-4-8-15-9-10/h4,8-9,11H,1-3,5-7,14H2. The van der Waals surface area contributed by atoms with Crippen LogP contribution in [0.2, 0.25) is 0 Å². The molecule has 2 rings (SSSR count). The van der Waals surface area contributed by atoms with Crippen LogP contribution in [0.1, 0.15) is 37.7 Å². The number of hydrogen-bond donors (Lipinski definition) is 1. The molecule has 1 aromatic rings. The second-order valence-electron chi connectivity index (χ2n) is 4.62. The number of aryl methyl sites for hydroxylation is 1. The fourth-order valence-corrected chi connectivity index (χ4v) is 2.91. The lowest BCUT2D eigenvalue weighted by molar-refractivity contribution is 0.0894. The van der Waals surface area contributed by atoms with Crippen molar-refractivity contribution in [1.82, 2.24) is 0 Å². The van der Waals surface area contributed by atoms with Crippen molar-refractivity contribution in [2.45, 2.75) is 50.2 Å². The summed E-state index contributed by atoms with van der Waals surface area (Å²) in [5.74, 6) is 0. The molecule has 1 aromatic heterocycles. The van der Waals surface area contributed by atoms with Crippen molar-refractivity contribution in [2.24, 2.45) is 5.73 Å². The molecule has 1 nitrogen and oxygen atoms in total. The van der Waals surface area contributed by atoms with Crippen LogP contribution in [0.4, 0.5) is 4.39 Å². The molecule has 0 bridgehead atoms. The lowest BCUT2D eigenvalue weighted by atomic mass is 9.80. The molecule has 1 heterocycles. The summed E-state index contributed by atoms with van der Waals surface area (Å²) in [5, 5.41) is 4.16. The Kier molecular flexibility index (Phi) is 3.42. The van der Waals surface area contributed by atoms with E-state index in [4.69, 9.17) is 5.73 Å². The molecule has 0 spiro atoms. The third-order valence-corrected chi connectivity index (χ3v) is 4.10. The maximum absolute atomic E-state index is 14.3. The monoisotopic (exact) mass is 227 g/mol. The summed E-state index contributed by atoms with van der Waals surface area (Å²) in [6.07, 6.45) is 4.53. The largest absolute Gasteiger partial charge is 0.328 e. The number of alkyl halides is 1. The van der Waals surface area contributed by atoms with Crippen molar-refractivity contribution >= 4 is 11.3 Å². The summed E-state index contributed by atoms with van der Waals surface area (Å²) in [5.41, 5.74) is 6.11. The molecule has 0 atom stereocenters. The van der Waals surface area contributed by atoms with Crippen LogP contribution < -0.4 is 5.73 Å². The Balaban J connectivity index is 1.83. The van der Waals surface area contributed by atoms with Crippen molar-refractivity contribution in [3.8, 4) is 0 Å². The zero-order valence-corrected chi connectivity index (χ0v) is 9.73. The molecule has 0 unspecified atom stereocenters. The van der Waals surface area contributed by atoms with Gasteiger partial charge in [0.2, 0.25) is 0 Å². The van der Waals surface area contributed by atoms with Gasteiger partial charge in [-0.05, 0) is 60.9 Å². The molecule has 3 heteroatoms. The minimum Gasteiger partial charge on any atom is -0.328 e. The highest BCUT2D eigenvalue weighted by Gasteiger charge is 2.33. The van der Waals surface area contributed by atoms with E-state index in [2.05, 4.69) is 16.8 Å². The van der Waals surface area contributed by atoms with E-state index >= 15 is 0 Å². The molecular formula is C12H18FNS. The van der Waals surface area contributed by atoms with E-state index in [-0.39, 0.29) is 6.04 Å². The topological polar surface area (TPSA) is 26.0 Å². The third kappa shape index (κ3) is 3.02. The van der Waals surface area contributed by atoms with Gasteiger partial charge >= 0.3 is 0 Å². The van der Waals surface area contributed by atoms with Crippen molar-refractivity contribution in [3.63, 3.8) is 0 Å². The van der Waals surface area contributed by atoms with Crippen molar-refractivity contribution in [3.05, 3.63) is 22.4 Å². The Morgan fingerprint density at radius 3 is 2.80 bits per heavy atom. The first-order valence-electron chi connectivity index (χ1n) is 5.64. The van der Waals surface area contributed by atoms with Crippen molar-refractivity contribution < 1.29 is 4.39 Å². The van der Waals surface area contributed by atoms with Crippen LogP contribution >= 0.6 is 11.3 Å². The van der Waals surface area contributed by atoms with E-state index in [1.807, 2.05) is 0 Å². The van der Waals surface area contributed by atoms with E-state index < -0.39 is 5.67 Å². The predicted octanol–water partition coefficient (Wildman–Crippen LogP) is 3.29. The summed E-state index contributed by atoms with van der Waals surface area (Å²) >= 11 is 1.68. The highest BCUT2D eigenvalue weighted by Crippen LogP contribution is 2.35. The quantitative estimate of drug-likeness (QED) is 0.842. The minimum absolute atomic E-state index is 0.232. The Hall–Kier alpha value is -0.410. The Morgan fingerprint density at radius 2 is 2.20 bits per heavy atom. The molecule has 1 aliphatic rings. The molecule has 15 heavy (non-hydrogen) atoms. The van der Waals surface area contributed by atoms with Crippen LogP contribution in [-0.2, 0) is 6.42 Å². The fraction of sp³-hybridized carbons (Fsp3) is 0.667. The molecule has 1 aliphatic carbocycles. The van der Waals surface area contributed by atoms with E-state index in [0.29, 0.717) is 19.3 Å². The van der Waals surface area contributed by atoms with Crippen LogP contribution in [0.3, 0.4) is 0 Å². The van der Waals surface area contributed by atoms with Gasteiger partial charge in [-0.2, -0.15) is 11.3 Å². The molecule has 0 aromatic carbocycles. The van der Waals surface area contributed by atoms with Crippen molar-refractivity contribution in [1.29, 1.82) is 0 Å².